The highest BCUT2D eigenvalue weighted by molar-refractivity contribution is 8.41. The second kappa shape index (κ2) is 5.87. The van der Waals surface area contributed by atoms with Crippen LogP contribution in [0.15, 0.2) is 40.0 Å². The maximum Gasteiger partial charge on any atom is 0.331 e. The number of thiol groups is 1. The SMILES string of the molecule is C=C1C[C@H](n2cc(C)c(=O)[nH]c2=O)O/C1=C\OP(O)S. The molecule has 2 atom stereocenters. The number of hydrogen-bond donors (Lipinski definition) is 3. The fourth-order valence-electron chi connectivity index (χ4n) is 1.74. The van der Waals surface area contributed by atoms with E-state index >= 15 is 0 Å². The van der Waals surface area contributed by atoms with Crippen LogP contribution in [0.1, 0.15) is 18.2 Å². The van der Waals surface area contributed by atoms with Crippen LogP contribution in [0, 0.1) is 6.92 Å². The van der Waals surface area contributed by atoms with Gasteiger partial charge in [0.15, 0.2) is 12.0 Å². The average Bonchev–Trinajstić information content (AvgIpc) is 2.72. The Morgan fingerprint density at radius 2 is 2.40 bits per heavy atom. The molecule has 0 saturated carbocycles. The van der Waals surface area contributed by atoms with Crippen LogP contribution in [-0.4, -0.2) is 14.4 Å². The van der Waals surface area contributed by atoms with E-state index in [4.69, 9.17) is 14.2 Å². The number of aromatic nitrogens is 2. The molecule has 1 aromatic rings. The molecule has 1 aromatic heterocycles. The Bertz CT molecular complexity index is 678. The fraction of sp³-hybridized carbons (Fsp3) is 0.273. The summed E-state index contributed by atoms with van der Waals surface area (Å²) in [6.07, 6.45) is 2.41. The summed E-state index contributed by atoms with van der Waals surface area (Å²) >= 11 is 3.71. The first-order valence-corrected chi connectivity index (χ1v) is 7.96. The first kappa shape index (κ1) is 14.9. The van der Waals surface area contributed by atoms with Crippen molar-refractivity contribution in [2.24, 2.45) is 0 Å². The Balaban J connectivity index is 2.27. The van der Waals surface area contributed by atoms with Gasteiger partial charge < -0.3 is 14.2 Å². The van der Waals surface area contributed by atoms with Crippen molar-refractivity contribution in [3.8, 4) is 0 Å². The zero-order valence-corrected chi connectivity index (χ0v) is 12.4. The minimum atomic E-state index is -1.84. The molecule has 0 spiro atoms. The molecule has 7 nitrogen and oxygen atoms in total. The van der Waals surface area contributed by atoms with Crippen LogP contribution in [0.2, 0.25) is 0 Å². The highest BCUT2D eigenvalue weighted by atomic mass is 32.7. The van der Waals surface area contributed by atoms with E-state index in [-0.39, 0.29) is 0 Å². The molecular weight excluding hydrogens is 303 g/mol. The van der Waals surface area contributed by atoms with Gasteiger partial charge in [0, 0.05) is 18.2 Å². The Morgan fingerprint density at radius 3 is 3.05 bits per heavy atom. The Hall–Kier alpha value is -1.50. The molecule has 2 rings (SSSR count). The summed E-state index contributed by atoms with van der Waals surface area (Å²) in [5.74, 6) is 0.335. The number of rotatable bonds is 3. The van der Waals surface area contributed by atoms with Crippen molar-refractivity contribution in [2.45, 2.75) is 19.6 Å². The molecule has 1 fully saturated rings. The molecule has 1 saturated heterocycles. The topological polar surface area (TPSA) is 93.6 Å². The van der Waals surface area contributed by atoms with Gasteiger partial charge in [-0.2, -0.15) is 0 Å². The molecule has 20 heavy (non-hydrogen) atoms. The summed E-state index contributed by atoms with van der Waals surface area (Å²) in [5.41, 5.74) is 0.0417. The number of aryl methyl sites for hydroxylation is 1. The molecule has 9 heteroatoms. The Kier molecular flexibility index (Phi) is 4.37. The normalized spacial score (nSPS) is 21.9. The predicted molar refractivity (Wildman–Crippen MR) is 77.2 cm³/mol. The summed E-state index contributed by atoms with van der Waals surface area (Å²) in [6.45, 7) is 5.39. The van der Waals surface area contributed by atoms with Gasteiger partial charge in [-0.05, 0) is 12.5 Å². The minimum Gasteiger partial charge on any atom is -0.466 e. The molecular formula is C11H13N2O5PS. The van der Waals surface area contributed by atoms with Gasteiger partial charge in [0.05, 0.1) is 0 Å². The van der Waals surface area contributed by atoms with Gasteiger partial charge in [-0.1, -0.05) is 18.8 Å². The van der Waals surface area contributed by atoms with E-state index in [1.807, 2.05) is 0 Å². The van der Waals surface area contributed by atoms with Crippen LogP contribution in [-0.2, 0) is 9.26 Å². The third-order valence-electron chi connectivity index (χ3n) is 2.74. The van der Waals surface area contributed by atoms with Gasteiger partial charge in [0.1, 0.15) is 6.26 Å². The van der Waals surface area contributed by atoms with E-state index in [0.29, 0.717) is 23.3 Å². The van der Waals surface area contributed by atoms with Crippen LogP contribution in [0.3, 0.4) is 0 Å². The maximum atomic E-state index is 11.8. The molecule has 0 aliphatic carbocycles. The van der Waals surface area contributed by atoms with Crippen molar-refractivity contribution in [3.63, 3.8) is 0 Å². The van der Waals surface area contributed by atoms with Crippen molar-refractivity contribution in [1.29, 1.82) is 0 Å². The smallest absolute Gasteiger partial charge is 0.331 e. The highest BCUT2D eigenvalue weighted by Crippen LogP contribution is 2.40. The molecule has 0 bridgehead atoms. The highest BCUT2D eigenvalue weighted by Gasteiger charge is 2.27. The van der Waals surface area contributed by atoms with E-state index in [2.05, 4.69) is 23.8 Å². The summed E-state index contributed by atoms with van der Waals surface area (Å²) < 4.78 is 11.7. The molecule has 0 amide bonds. The standard InChI is InChI=1S/C11H13N2O5PS/c1-6-3-9(18-8(6)5-17-19(16)20)13-4-7(2)10(14)12-11(13)15/h4-5,9,16,20H,1,3H2,2H3,(H,12,14,15)/b8-5-/t9-,19?/m1/s1. The molecule has 108 valence electrons. The van der Waals surface area contributed by atoms with Crippen LogP contribution in [0.4, 0.5) is 0 Å². The molecule has 0 aromatic carbocycles. The average molecular weight is 316 g/mol. The van der Waals surface area contributed by atoms with Crippen molar-refractivity contribution in [2.75, 3.05) is 0 Å². The van der Waals surface area contributed by atoms with Crippen molar-refractivity contribution in [1.82, 2.24) is 9.55 Å². The van der Waals surface area contributed by atoms with E-state index in [1.54, 1.807) is 6.92 Å². The monoisotopic (exact) mass is 316 g/mol. The molecule has 1 aliphatic rings. The van der Waals surface area contributed by atoms with Crippen molar-refractivity contribution in [3.05, 3.63) is 56.8 Å². The van der Waals surface area contributed by atoms with E-state index < -0.39 is 25.1 Å². The second-order valence-corrected chi connectivity index (χ2v) is 5.94. The Morgan fingerprint density at radius 1 is 1.70 bits per heavy atom. The largest absolute Gasteiger partial charge is 0.466 e. The number of aromatic amines is 1. The van der Waals surface area contributed by atoms with E-state index in [0.717, 1.165) is 0 Å². The quantitative estimate of drug-likeness (QED) is 0.444. The fourth-order valence-corrected chi connectivity index (χ4v) is 2.08. The van der Waals surface area contributed by atoms with Gasteiger partial charge in [-0.15, -0.1) is 0 Å². The molecule has 2 N–H and O–H groups in total. The first-order chi connectivity index (χ1) is 9.38. The van der Waals surface area contributed by atoms with Crippen LogP contribution < -0.4 is 11.2 Å². The number of allylic oxidation sites excluding steroid dienone is 1. The lowest BCUT2D eigenvalue weighted by atomic mass is 10.2. The summed E-state index contributed by atoms with van der Waals surface area (Å²) in [5, 5.41) is 0. The maximum absolute atomic E-state index is 11.8. The van der Waals surface area contributed by atoms with Gasteiger partial charge in [0.25, 0.3) is 13.1 Å². The molecule has 2 heterocycles. The summed E-state index contributed by atoms with van der Waals surface area (Å²) in [7, 11) is -1.84. The lowest BCUT2D eigenvalue weighted by Crippen LogP contribution is -2.33. The summed E-state index contributed by atoms with van der Waals surface area (Å²) in [6, 6.07) is 0. The molecule has 0 radical (unpaired) electrons. The van der Waals surface area contributed by atoms with Gasteiger partial charge in [0.2, 0.25) is 0 Å². The van der Waals surface area contributed by atoms with Crippen molar-refractivity contribution < 1.29 is 14.2 Å². The lowest BCUT2D eigenvalue weighted by Gasteiger charge is -2.13. The van der Waals surface area contributed by atoms with Crippen LogP contribution in [0.25, 0.3) is 0 Å². The van der Waals surface area contributed by atoms with E-state index in [9.17, 15) is 9.59 Å². The van der Waals surface area contributed by atoms with Crippen LogP contribution in [0.5, 0.6) is 0 Å². The number of nitrogens with zero attached hydrogens (tertiary/aromatic N) is 1. The summed E-state index contributed by atoms with van der Waals surface area (Å²) in [4.78, 5) is 34.3. The van der Waals surface area contributed by atoms with E-state index in [1.165, 1.54) is 17.0 Å². The second-order valence-electron chi connectivity index (χ2n) is 4.20. The lowest BCUT2D eigenvalue weighted by molar-refractivity contribution is 0.0893. The number of nitrogens with one attached hydrogen (secondary N) is 1. The first-order valence-electron chi connectivity index (χ1n) is 5.60. The number of hydrogen-bond acceptors (Lipinski definition) is 6. The van der Waals surface area contributed by atoms with Crippen molar-refractivity contribution >= 4 is 19.8 Å². The zero-order valence-electron chi connectivity index (χ0n) is 10.6. The Labute approximate surface area is 120 Å². The predicted octanol–water partition coefficient (Wildman–Crippen LogP) is 1.33. The third-order valence-corrected chi connectivity index (χ3v) is 3.32. The van der Waals surface area contributed by atoms with Crippen LogP contribution >= 0.6 is 19.8 Å². The molecule has 1 unspecified atom stereocenters. The molecule has 1 aliphatic heterocycles. The van der Waals surface area contributed by atoms with Gasteiger partial charge in [-0.3, -0.25) is 14.3 Å². The third kappa shape index (κ3) is 3.15. The van der Waals surface area contributed by atoms with Gasteiger partial charge in [-0.25, -0.2) is 4.79 Å². The number of ether oxygens (including phenoxy) is 1. The minimum absolute atomic E-state index is 0.335. The van der Waals surface area contributed by atoms with Gasteiger partial charge >= 0.3 is 5.69 Å². The number of H-pyrrole nitrogens is 1. The zero-order chi connectivity index (χ0) is 14.9.